The highest BCUT2D eigenvalue weighted by molar-refractivity contribution is 5.79. The maximum absolute atomic E-state index is 9.02. The lowest BCUT2D eigenvalue weighted by Crippen LogP contribution is -2.26. The third-order valence-electron chi connectivity index (χ3n) is 2.88. The summed E-state index contributed by atoms with van der Waals surface area (Å²) in [5, 5.41) is 25.4. The predicted molar refractivity (Wildman–Crippen MR) is 82.3 cm³/mol. The number of hydrogen-bond donors (Lipinski definition) is 1. The van der Waals surface area contributed by atoms with Gasteiger partial charge in [0.1, 0.15) is 0 Å². The Hall–Kier alpha value is -2.67. The molecule has 0 bridgehead atoms. The molecule has 0 aromatic carbocycles. The Balaban J connectivity index is 2.20. The second-order valence-corrected chi connectivity index (χ2v) is 4.59. The third-order valence-corrected chi connectivity index (χ3v) is 2.88. The molecular weight excluding hydrogens is 280 g/mol. The molecule has 2 heterocycles. The average Bonchev–Trinajstić information content (AvgIpc) is 2.53. The van der Waals surface area contributed by atoms with Gasteiger partial charge in [0.2, 0.25) is 0 Å². The number of nitrogens with zero attached hydrogens (tertiary/aromatic N) is 6. The number of hydrogen-bond acceptors (Lipinski definition) is 4. The van der Waals surface area contributed by atoms with Gasteiger partial charge in [-0.1, -0.05) is 12.1 Å². The quantitative estimate of drug-likeness (QED) is 0.298. The van der Waals surface area contributed by atoms with E-state index >= 15 is 0 Å². The van der Waals surface area contributed by atoms with E-state index < -0.39 is 0 Å². The number of azo groups is 1. The van der Waals surface area contributed by atoms with Crippen LogP contribution in [0.1, 0.15) is 6.92 Å². The summed E-state index contributed by atoms with van der Waals surface area (Å²) in [6.45, 7) is 2.25. The van der Waals surface area contributed by atoms with Crippen LogP contribution in [0.5, 0.6) is 0 Å². The monoisotopic (exact) mass is 299 g/mol. The summed E-state index contributed by atoms with van der Waals surface area (Å²) >= 11 is 0. The normalized spacial score (nSPS) is 13.0. The molecular formula is C15H19N6O+. The Kier molecular flexibility index (Phi) is 5.67. The van der Waals surface area contributed by atoms with Crippen molar-refractivity contribution in [1.82, 2.24) is 4.57 Å². The first kappa shape index (κ1) is 15.7. The smallest absolute Gasteiger partial charge is 0.350 e. The molecule has 0 aliphatic carbocycles. The van der Waals surface area contributed by atoms with Crippen molar-refractivity contribution in [3.8, 4) is 0 Å². The van der Waals surface area contributed by atoms with Gasteiger partial charge in [-0.15, -0.1) is 10.2 Å². The van der Waals surface area contributed by atoms with Crippen molar-refractivity contribution in [2.75, 3.05) is 6.61 Å². The van der Waals surface area contributed by atoms with Crippen molar-refractivity contribution >= 4 is 11.7 Å². The van der Waals surface area contributed by atoms with E-state index in [2.05, 4.69) is 20.4 Å². The van der Waals surface area contributed by atoms with Crippen molar-refractivity contribution < 1.29 is 9.67 Å². The zero-order valence-electron chi connectivity index (χ0n) is 12.7. The van der Waals surface area contributed by atoms with Gasteiger partial charge in [0.25, 0.3) is 0 Å². The van der Waals surface area contributed by atoms with E-state index in [1.807, 2.05) is 65.0 Å². The van der Waals surface area contributed by atoms with E-state index in [1.165, 1.54) is 0 Å². The summed E-state index contributed by atoms with van der Waals surface area (Å²) in [5.41, 5.74) is 0.649. The summed E-state index contributed by atoms with van der Waals surface area (Å²) in [6, 6.07) is 11.2. The van der Waals surface area contributed by atoms with E-state index in [4.69, 9.17) is 5.11 Å². The van der Waals surface area contributed by atoms with Gasteiger partial charge < -0.3 is 9.67 Å². The van der Waals surface area contributed by atoms with Crippen molar-refractivity contribution in [1.29, 1.82) is 0 Å². The number of pyridine rings is 2. The summed E-state index contributed by atoms with van der Waals surface area (Å²) < 4.78 is 3.67. The Labute approximate surface area is 128 Å². The molecule has 0 atom stereocenters. The zero-order chi connectivity index (χ0) is 15.8. The lowest BCUT2D eigenvalue weighted by molar-refractivity contribution is -0.658. The molecule has 0 aliphatic rings. The second-order valence-electron chi connectivity index (χ2n) is 4.59. The maximum Gasteiger partial charge on any atom is 0.350 e. The SMILES string of the molecule is CC(/N=N/c1cccc[n+]1C)=N\N=c1/ccccn1CCO. The van der Waals surface area contributed by atoms with Crippen LogP contribution in [0.15, 0.2) is 69.2 Å². The van der Waals surface area contributed by atoms with Crippen LogP contribution in [-0.4, -0.2) is 22.1 Å². The minimum absolute atomic E-state index is 0.0457. The molecule has 0 saturated carbocycles. The van der Waals surface area contributed by atoms with E-state index in [0.29, 0.717) is 17.9 Å². The molecule has 7 nitrogen and oxygen atoms in total. The van der Waals surface area contributed by atoms with Gasteiger partial charge in [-0.25, -0.2) is 4.57 Å². The van der Waals surface area contributed by atoms with Gasteiger partial charge >= 0.3 is 5.82 Å². The molecule has 0 radical (unpaired) electrons. The fourth-order valence-corrected chi connectivity index (χ4v) is 1.74. The molecule has 0 spiro atoms. The molecule has 2 rings (SSSR count). The lowest BCUT2D eigenvalue weighted by atomic mass is 10.4. The van der Waals surface area contributed by atoms with Crippen molar-refractivity contribution in [2.45, 2.75) is 13.5 Å². The summed E-state index contributed by atoms with van der Waals surface area (Å²) in [6.07, 6.45) is 3.73. The van der Waals surface area contributed by atoms with Crippen LogP contribution >= 0.6 is 0 Å². The van der Waals surface area contributed by atoms with Gasteiger partial charge in [-0.3, -0.25) is 0 Å². The topological polar surface area (TPSA) is 78.5 Å². The van der Waals surface area contributed by atoms with Crippen LogP contribution in [0.2, 0.25) is 0 Å². The van der Waals surface area contributed by atoms with Crippen LogP contribution in [-0.2, 0) is 13.6 Å². The predicted octanol–water partition coefficient (Wildman–Crippen LogP) is 1.32. The average molecular weight is 299 g/mol. The Morgan fingerprint density at radius 1 is 1.23 bits per heavy atom. The van der Waals surface area contributed by atoms with Gasteiger partial charge in [0, 0.05) is 25.7 Å². The molecule has 0 aliphatic heterocycles. The minimum Gasteiger partial charge on any atom is -0.395 e. The van der Waals surface area contributed by atoms with Gasteiger partial charge in [-0.05, 0) is 23.3 Å². The fourth-order valence-electron chi connectivity index (χ4n) is 1.74. The molecule has 2 aromatic rings. The first-order valence-corrected chi connectivity index (χ1v) is 6.92. The zero-order valence-corrected chi connectivity index (χ0v) is 12.7. The maximum atomic E-state index is 9.02. The molecule has 0 unspecified atom stereocenters. The largest absolute Gasteiger partial charge is 0.395 e. The summed E-state index contributed by atoms with van der Waals surface area (Å²) in [4.78, 5) is 0. The summed E-state index contributed by atoms with van der Waals surface area (Å²) in [7, 11) is 1.90. The molecule has 1 N–H and O–H groups in total. The molecule has 2 aromatic heterocycles. The number of aromatic nitrogens is 2. The highest BCUT2D eigenvalue weighted by Gasteiger charge is 2.03. The number of aryl methyl sites for hydroxylation is 1. The van der Waals surface area contributed by atoms with Gasteiger partial charge in [-0.2, -0.15) is 0 Å². The van der Waals surface area contributed by atoms with Crippen LogP contribution in [0.25, 0.3) is 0 Å². The van der Waals surface area contributed by atoms with Crippen molar-refractivity contribution in [2.24, 2.45) is 27.5 Å². The van der Waals surface area contributed by atoms with Crippen LogP contribution in [0.3, 0.4) is 0 Å². The van der Waals surface area contributed by atoms with E-state index in [9.17, 15) is 0 Å². The van der Waals surface area contributed by atoms with Crippen LogP contribution < -0.4 is 10.1 Å². The molecule has 7 heteroatoms. The first-order valence-electron chi connectivity index (χ1n) is 6.92. The number of aliphatic hydroxyl groups is 1. The molecule has 22 heavy (non-hydrogen) atoms. The van der Waals surface area contributed by atoms with E-state index in [0.717, 1.165) is 5.82 Å². The third kappa shape index (κ3) is 4.42. The van der Waals surface area contributed by atoms with E-state index in [1.54, 1.807) is 6.92 Å². The van der Waals surface area contributed by atoms with E-state index in [-0.39, 0.29) is 6.61 Å². The Morgan fingerprint density at radius 3 is 2.82 bits per heavy atom. The molecule has 0 fully saturated rings. The number of rotatable bonds is 4. The molecule has 114 valence electrons. The van der Waals surface area contributed by atoms with Crippen LogP contribution in [0, 0.1) is 0 Å². The fraction of sp³-hybridized carbons (Fsp3) is 0.267. The molecule has 0 saturated heterocycles. The highest BCUT2D eigenvalue weighted by atomic mass is 16.3. The molecule has 0 amide bonds. The van der Waals surface area contributed by atoms with Gasteiger partial charge in [0.05, 0.1) is 25.0 Å². The lowest BCUT2D eigenvalue weighted by Gasteiger charge is -2.02. The number of aliphatic hydroxyl groups excluding tert-OH is 1. The summed E-state index contributed by atoms with van der Waals surface area (Å²) in [5.74, 6) is 1.18. The second kappa shape index (κ2) is 7.94. The highest BCUT2D eigenvalue weighted by Crippen LogP contribution is 2.03. The Morgan fingerprint density at radius 2 is 2.05 bits per heavy atom. The van der Waals surface area contributed by atoms with Crippen molar-refractivity contribution in [3.05, 3.63) is 54.3 Å². The minimum atomic E-state index is 0.0457. The Bertz CT molecular complexity index is 747. The van der Waals surface area contributed by atoms with Crippen molar-refractivity contribution in [3.63, 3.8) is 0 Å². The standard InChI is InChI=1S/C15H19N6O/c1-13(16-18-14-7-3-5-9-20(14)2)17-19-15-8-4-6-10-21(15)11-12-22/h3-10,22H,11-12H2,1-2H3/q+1. The first-order chi connectivity index (χ1) is 10.7. The number of amidine groups is 1. The van der Waals surface area contributed by atoms with Crippen LogP contribution in [0.4, 0.5) is 5.82 Å². The van der Waals surface area contributed by atoms with Gasteiger partial charge in [0.15, 0.2) is 11.3 Å².